The Labute approximate surface area is 157 Å². The van der Waals surface area contributed by atoms with E-state index >= 15 is 0 Å². The summed E-state index contributed by atoms with van der Waals surface area (Å²) in [5.41, 5.74) is 0.817. The van der Waals surface area contributed by atoms with Crippen LogP contribution in [-0.2, 0) is 6.54 Å². The van der Waals surface area contributed by atoms with Gasteiger partial charge in [0.1, 0.15) is 11.9 Å². The van der Waals surface area contributed by atoms with E-state index in [1.807, 2.05) is 47.9 Å². The molecule has 1 unspecified atom stereocenters. The van der Waals surface area contributed by atoms with Gasteiger partial charge in [-0.2, -0.15) is 0 Å². The zero-order valence-corrected chi connectivity index (χ0v) is 15.4. The third-order valence-electron chi connectivity index (χ3n) is 3.73. The second kappa shape index (κ2) is 8.53. The number of nitrogens with zero attached hydrogens (tertiary/aromatic N) is 4. The quantitative estimate of drug-likeness (QED) is 0.513. The van der Waals surface area contributed by atoms with Crippen molar-refractivity contribution in [2.75, 3.05) is 13.6 Å². The van der Waals surface area contributed by atoms with Crippen LogP contribution in [0, 0.1) is 0 Å². The van der Waals surface area contributed by atoms with E-state index in [9.17, 15) is 0 Å². The first kappa shape index (κ1) is 18.0. The Balaban J connectivity index is 1.49. The second-order valence-corrected chi connectivity index (χ2v) is 6.17. The zero-order valence-electron chi connectivity index (χ0n) is 14.7. The van der Waals surface area contributed by atoms with Crippen molar-refractivity contribution >= 4 is 23.2 Å². The van der Waals surface area contributed by atoms with E-state index in [2.05, 4.69) is 25.8 Å². The number of ether oxygens (including phenoxy) is 1. The summed E-state index contributed by atoms with van der Waals surface area (Å²) in [6.07, 6.45) is 1.90. The molecule has 26 heavy (non-hydrogen) atoms. The van der Waals surface area contributed by atoms with E-state index in [0.717, 1.165) is 17.2 Å². The van der Waals surface area contributed by atoms with Crippen molar-refractivity contribution in [1.29, 1.82) is 0 Å². The van der Waals surface area contributed by atoms with E-state index in [-0.39, 0.29) is 6.10 Å². The maximum Gasteiger partial charge on any atom is 0.191 e. The number of nitrogens with one attached hydrogen (secondary N) is 2. The first-order valence-corrected chi connectivity index (χ1v) is 8.69. The first-order chi connectivity index (χ1) is 12.7. The molecule has 0 spiro atoms. The molecule has 0 amide bonds. The lowest BCUT2D eigenvalue weighted by atomic mass is 10.3. The number of pyridine rings is 1. The van der Waals surface area contributed by atoms with Gasteiger partial charge in [-0.3, -0.25) is 9.39 Å². The largest absolute Gasteiger partial charge is 0.489 e. The fraction of sp³-hybridized carbons (Fsp3) is 0.278. The van der Waals surface area contributed by atoms with Gasteiger partial charge in [0.15, 0.2) is 17.4 Å². The Morgan fingerprint density at radius 2 is 2.00 bits per heavy atom. The highest BCUT2D eigenvalue weighted by Gasteiger charge is 2.08. The molecule has 1 aromatic carbocycles. The molecule has 3 aromatic rings. The maximum atomic E-state index is 5.88. The van der Waals surface area contributed by atoms with Crippen molar-refractivity contribution < 1.29 is 4.74 Å². The maximum absolute atomic E-state index is 5.88. The summed E-state index contributed by atoms with van der Waals surface area (Å²) >= 11 is 5.88. The molecule has 0 bridgehead atoms. The topological polar surface area (TPSA) is 75.8 Å². The average Bonchev–Trinajstić information content (AvgIpc) is 3.07. The van der Waals surface area contributed by atoms with Crippen molar-refractivity contribution in [3.05, 3.63) is 59.5 Å². The number of hydrogen-bond acceptors (Lipinski definition) is 4. The van der Waals surface area contributed by atoms with E-state index < -0.39 is 0 Å². The average molecular weight is 373 g/mol. The molecule has 136 valence electrons. The lowest BCUT2D eigenvalue weighted by Gasteiger charge is -2.17. The van der Waals surface area contributed by atoms with Crippen molar-refractivity contribution in [3.63, 3.8) is 0 Å². The molecule has 7 nitrogen and oxygen atoms in total. The number of rotatable bonds is 6. The van der Waals surface area contributed by atoms with Gasteiger partial charge in [-0.1, -0.05) is 17.7 Å². The van der Waals surface area contributed by atoms with Gasteiger partial charge in [-0.15, -0.1) is 10.2 Å². The van der Waals surface area contributed by atoms with E-state index in [4.69, 9.17) is 16.3 Å². The molecule has 3 rings (SSSR count). The van der Waals surface area contributed by atoms with Gasteiger partial charge in [-0.25, -0.2) is 0 Å². The number of guanidine groups is 1. The molecule has 1 atom stereocenters. The Morgan fingerprint density at radius 3 is 2.77 bits per heavy atom. The highest BCUT2D eigenvalue weighted by Crippen LogP contribution is 2.16. The number of hydrogen-bond donors (Lipinski definition) is 2. The van der Waals surface area contributed by atoms with Gasteiger partial charge in [0.2, 0.25) is 0 Å². The van der Waals surface area contributed by atoms with Crippen LogP contribution in [0.15, 0.2) is 53.7 Å². The predicted molar refractivity (Wildman–Crippen MR) is 103 cm³/mol. The Bertz CT molecular complexity index is 877. The number of fused-ring (bicyclic) bond motifs is 1. The molecule has 2 aromatic heterocycles. The lowest BCUT2D eigenvalue weighted by molar-refractivity contribution is 0.224. The van der Waals surface area contributed by atoms with Crippen molar-refractivity contribution in [1.82, 2.24) is 25.2 Å². The van der Waals surface area contributed by atoms with Crippen molar-refractivity contribution in [3.8, 4) is 5.75 Å². The van der Waals surface area contributed by atoms with Gasteiger partial charge in [0.05, 0.1) is 13.1 Å². The van der Waals surface area contributed by atoms with Crippen LogP contribution in [0.1, 0.15) is 12.7 Å². The summed E-state index contributed by atoms with van der Waals surface area (Å²) in [5, 5.41) is 15.5. The van der Waals surface area contributed by atoms with Gasteiger partial charge in [0.25, 0.3) is 0 Å². The molecule has 0 aliphatic rings. The van der Waals surface area contributed by atoms with Crippen molar-refractivity contribution in [2.24, 2.45) is 4.99 Å². The summed E-state index contributed by atoms with van der Waals surface area (Å²) in [4.78, 5) is 4.22. The monoisotopic (exact) mass is 372 g/mol. The third-order valence-corrected chi connectivity index (χ3v) is 3.98. The van der Waals surface area contributed by atoms with Crippen LogP contribution in [0.3, 0.4) is 0 Å². The lowest BCUT2D eigenvalue weighted by Crippen LogP contribution is -2.41. The van der Waals surface area contributed by atoms with E-state index in [1.54, 1.807) is 19.2 Å². The number of aliphatic imine (C=N–C) groups is 1. The smallest absolute Gasteiger partial charge is 0.191 e. The molecule has 2 heterocycles. The highest BCUT2D eigenvalue weighted by molar-refractivity contribution is 6.30. The Kier molecular flexibility index (Phi) is 5.91. The summed E-state index contributed by atoms with van der Waals surface area (Å²) < 4.78 is 7.78. The molecular formula is C18H21ClN6O. The molecule has 0 aliphatic carbocycles. The first-order valence-electron chi connectivity index (χ1n) is 8.31. The Hall–Kier alpha value is -2.80. The van der Waals surface area contributed by atoms with Gasteiger partial charge in [0, 0.05) is 18.3 Å². The summed E-state index contributed by atoms with van der Waals surface area (Å²) in [6.45, 7) is 3.10. The number of halogens is 1. The number of aromatic nitrogens is 3. The van der Waals surface area contributed by atoms with Crippen LogP contribution >= 0.6 is 11.6 Å². The predicted octanol–water partition coefficient (Wildman–Crippen LogP) is 2.52. The molecule has 8 heteroatoms. The van der Waals surface area contributed by atoms with E-state index in [0.29, 0.717) is 24.1 Å². The van der Waals surface area contributed by atoms with Crippen LogP contribution in [0.5, 0.6) is 5.75 Å². The van der Waals surface area contributed by atoms with Crippen LogP contribution < -0.4 is 15.4 Å². The highest BCUT2D eigenvalue weighted by atomic mass is 35.5. The van der Waals surface area contributed by atoms with Gasteiger partial charge >= 0.3 is 0 Å². The Morgan fingerprint density at radius 1 is 1.19 bits per heavy atom. The fourth-order valence-corrected chi connectivity index (χ4v) is 2.55. The fourth-order valence-electron chi connectivity index (χ4n) is 2.42. The summed E-state index contributed by atoms with van der Waals surface area (Å²) in [5.74, 6) is 2.26. The zero-order chi connectivity index (χ0) is 18.4. The van der Waals surface area contributed by atoms with E-state index in [1.165, 1.54) is 0 Å². The molecule has 0 saturated heterocycles. The molecule has 0 saturated carbocycles. The van der Waals surface area contributed by atoms with Crippen molar-refractivity contribution in [2.45, 2.75) is 19.6 Å². The van der Waals surface area contributed by atoms with Gasteiger partial charge in [-0.05, 0) is 43.3 Å². The molecular weight excluding hydrogens is 352 g/mol. The van der Waals surface area contributed by atoms with Crippen LogP contribution in [0.4, 0.5) is 0 Å². The summed E-state index contributed by atoms with van der Waals surface area (Å²) in [6, 6.07) is 13.1. The SMILES string of the molecule is CN=C(NCc1nnc2ccccn12)NCC(C)Oc1ccc(Cl)cc1. The van der Waals surface area contributed by atoms with Crippen LogP contribution in [0.25, 0.3) is 5.65 Å². The third kappa shape index (κ3) is 4.64. The molecule has 0 radical (unpaired) electrons. The van der Waals surface area contributed by atoms with Crippen LogP contribution in [0.2, 0.25) is 5.02 Å². The minimum atomic E-state index is -0.0383. The minimum Gasteiger partial charge on any atom is -0.489 e. The number of benzene rings is 1. The molecule has 0 aliphatic heterocycles. The van der Waals surface area contributed by atoms with Gasteiger partial charge < -0.3 is 15.4 Å². The molecule has 2 N–H and O–H groups in total. The normalized spacial score (nSPS) is 12.8. The second-order valence-electron chi connectivity index (χ2n) is 5.73. The molecule has 0 fully saturated rings. The minimum absolute atomic E-state index is 0.0383. The van der Waals surface area contributed by atoms with Crippen LogP contribution in [-0.4, -0.2) is 40.3 Å². The summed E-state index contributed by atoms with van der Waals surface area (Å²) in [7, 11) is 1.72. The standard InChI is InChI=1S/C18H21ClN6O/c1-13(26-15-8-6-14(19)7-9-15)11-21-18(20-2)22-12-17-24-23-16-5-3-4-10-25(16)17/h3-10,13H,11-12H2,1-2H3,(H2,20,21,22).